The summed E-state index contributed by atoms with van der Waals surface area (Å²) < 4.78 is 11.2. The van der Waals surface area contributed by atoms with Gasteiger partial charge in [0, 0.05) is 37.3 Å². The zero-order valence-electron chi connectivity index (χ0n) is 17.1. The van der Waals surface area contributed by atoms with Crippen LogP contribution in [0.1, 0.15) is 46.5 Å². The van der Waals surface area contributed by atoms with E-state index < -0.39 is 0 Å². The smallest absolute Gasteiger partial charge is 0.228 e. The molecule has 3 heterocycles. The van der Waals surface area contributed by atoms with Crippen LogP contribution in [-0.2, 0) is 9.59 Å². The maximum Gasteiger partial charge on any atom is 0.228 e. The first kappa shape index (κ1) is 19.1. The zero-order valence-corrected chi connectivity index (χ0v) is 17.1. The van der Waals surface area contributed by atoms with Gasteiger partial charge in [0.05, 0.1) is 5.92 Å². The highest BCUT2D eigenvalue weighted by Gasteiger charge is 2.41. The number of ether oxygens (including phenoxy) is 2. The van der Waals surface area contributed by atoms with Crippen molar-refractivity contribution in [2.75, 3.05) is 31.2 Å². The molecule has 152 valence electrons. The monoisotopic (exact) mass is 386 g/mol. The summed E-state index contributed by atoms with van der Waals surface area (Å²) in [7, 11) is 0. The standard InChI is InChI=1S/C22H30N2O4/c1-22(2,3)13-17-5-4-8-23(17)21(26)15-11-20(25)24(14-15)16-6-7-18-19(12-16)28-10-9-27-18/h6-7,12,15,17H,4-5,8-11,13-14H2,1-3H3. The van der Waals surface area contributed by atoms with Crippen molar-refractivity contribution in [3.63, 3.8) is 0 Å². The summed E-state index contributed by atoms with van der Waals surface area (Å²) in [5.41, 5.74) is 0.966. The van der Waals surface area contributed by atoms with Gasteiger partial charge >= 0.3 is 0 Å². The van der Waals surface area contributed by atoms with Gasteiger partial charge in [0.1, 0.15) is 13.2 Å². The molecule has 28 heavy (non-hydrogen) atoms. The second-order valence-electron chi connectivity index (χ2n) is 9.33. The van der Waals surface area contributed by atoms with E-state index in [1.54, 1.807) is 4.90 Å². The molecule has 2 atom stereocenters. The van der Waals surface area contributed by atoms with Crippen LogP contribution in [0, 0.1) is 11.3 Å². The molecule has 0 N–H and O–H groups in total. The number of hydrogen-bond acceptors (Lipinski definition) is 4. The Labute approximate surface area is 166 Å². The highest BCUT2D eigenvalue weighted by molar-refractivity contribution is 6.00. The zero-order chi connectivity index (χ0) is 19.9. The van der Waals surface area contributed by atoms with Crippen molar-refractivity contribution in [3.8, 4) is 11.5 Å². The van der Waals surface area contributed by atoms with E-state index in [0.29, 0.717) is 37.3 Å². The molecule has 0 spiro atoms. The minimum absolute atomic E-state index is 0.00148. The van der Waals surface area contributed by atoms with Gasteiger partial charge in [-0.15, -0.1) is 0 Å². The quantitative estimate of drug-likeness (QED) is 0.800. The van der Waals surface area contributed by atoms with Crippen LogP contribution < -0.4 is 14.4 Å². The number of carbonyl (C=O) groups excluding carboxylic acids is 2. The van der Waals surface area contributed by atoms with E-state index >= 15 is 0 Å². The Hall–Kier alpha value is -2.24. The predicted molar refractivity (Wildman–Crippen MR) is 107 cm³/mol. The Bertz CT molecular complexity index is 770. The number of likely N-dealkylation sites (tertiary alicyclic amines) is 1. The van der Waals surface area contributed by atoms with Gasteiger partial charge in [0.15, 0.2) is 11.5 Å². The molecule has 6 heteroatoms. The van der Waals surface area contributed by atoms with Gasteiger partial charge < -0.3 is 19.3 Å². The number of fused-ring (bicyclic) bond motifs is 1. The fourth-order valence-electron chi connectivity index (χ4n) is 4.60. The Kier molecular flexibility index (Phi) is 4.98. The van der Waals surface area contributed by atoms with Gasteiger partial charge in [-0.3, -0.25) is 9.59 Å². The molecule has 2 saturated heterocycles. The summed E-state index contributed by atoms with van der Waals surface area (Å²) in [4.78, 5) is 29.6. The van der Waals surface area contributed by atoms with Crippen molar-refractivity contribution in [3.05, 3.63) is 18.2 Å². The molecule has 0 bridgehead atoms. The normalized spacial score (nSPS) is 24.8. The molecule has 2 amide bonds. The molecule has 3 aliphatic heterocycles. The van der Waals surface area contributed by atoms with Crippen molar-refractivity contribution < 1.29 is 19.1 Å². The summed E-state index contributed by atoms with van der Waals surface area (Å²) >= 11 is 0. The molecule has 2 unspecified atom stereocenters. The van der Waals surface area contributed by atoms with Crippen LogP contribution in [-0.4, -0.2) is 49.1 Å². The molecule has 0 radical (unpaired) electrons. The number of anilines is 1. The third-order valence-electron chi connectivity index (χ3n) is 5.82. The molecular weight excluding hydrogens is 356 g/mol. The van der Waals surface area contributed by atoms with E-state index in [2.05, 4.69) is 20.8 Å². The molecule has 2 fully saturated rings. The third-order valence-corrected chi connectivity index (χ3v) is 5.82. The number of hydrogen-bond donors (Lipinski definition) is 0. The maximum atomic E-state index is 13.2. The Morgan fingerprint density at radius 3 is 2.68 bits per heavy atom. The van der Waals surface area contributed by atoms with Crippen molar-refractivity contribution in [2.45, 2.75) is 52.5 Å². The maximum absolute atomic E-state index is 13.2. The molecule has 4 rings (SSSR count). The molecule has 0 saturated carbocycles. The average molecular weight is 386 g/mol. The average Bonchev–Trinajstić information content (AvgIpc) is 3.26. The second-order valence-corrected chi connectivity index (χ2v) is 9.33. The van der Waals surface area contributed by atoms with Crippen molar-refractivity contribution in [1.82, 2.24) is 4.90 Å². The van der Waals surface area contributed by atoms with Crippen molar-refractivity contribution in [1.29, 1.82) is 0 Å². The highest BCUT2D eigenvalue weighted by Crippen LogP contribution is 2.37. The van der Waals surface area contributed by atoms with E-state index in [0.717, 1.165) is 31.5 Å². The van der Waals surface area contributed by atoms with Crippen molar-refractivity contribution in [2.24, 2.45) is 11.3 Å². The highest BCUT2D eigenvalue weighted by atomic mass is 16.6. The number of carbonyl (C=O) groups is 2. The molecular formula is C22H30N2O4. The Balaban J connectivity index is 1.46. The van der Waals surface area contributed by atoms with Crippen LogP contribution in [0.5, 0.6) is 11.5 Å². The number of nitrogens with zero attached hydrogens (tertiary/aromatic N) is 2. The SMILES string of the molecule is CC(C)(C)CC1CCCN1C(=O)C1CC(=O)N(c2ccc3c(c2)OCCO3)C1. The first-order valence-electron chi connectivity index (χ1n) is 10.3. The molecule has 1 aromatic rings. The summed E-state index contributed by atoms with van der Waals surface area (Å²) in [6.07, 6.45) is 3.41. The van der Waals surface area contributed by atoms with Crippen LogP contribution >= 0.6 is 0 Å². The number of rotatable bonds is 3. The van der Waals surface area contributed by atoms with Crippen LogP contribution in [0.3, 0.4) is 0 Å². The van der Waals surface area contributed by atoms with E-state index in [1.165, 1.54) is 0 Å². The van der Waals surface area contributed by atoms with Crippen molar-refractivity contribution >= 4 is 17.5 Å². The van der Waals surface area contributed by atoms with E-state index in [-0.39, 0.29) is 29.6 Å². The van der Waals surface area contributed by atoms with Crippen LogP contribution in [0.4, 0.5) is 5.69 Å². The first-order valence-corrected chi connectivity index (χ1v) is 10.3. The van der Waals surface area contributed by atoms with Gasteiger partial charge in [-0.2, -0.15) is 0 Å². The van der Waals surface area contributed by atoms with Crippen LogP contribution in [0.25, 0.3) is 0 Å². The number of amides is 2. The van der Waals surface area contributed by atoms with Gasteiger partial charge in [0.2, 0.25) is 11.8 Å². The summed E-state index contributed by atoms with van der Waals surface area (Å²) in [5, 5.41) is 0. The fraction of sp³-hybridized carbons (Fsp3) is 0.636. The summed E-state index contributed by atoms with van der Waals surface area (Å²) in [6.45, 7) is 8.96. The predicted octanol–water partition coefficient (Wildman–Crippen LogP) is 3.24. The molecule has 6 nitrogen and oxygen atoms in total. The molecule has 0 aliphatic carbocycles. The lowest BCUT2D eigenvalue weighted by Crippen LogP contribution is -2.42. The lowest BCUT2D eigenvalue weighted by molar-refractivity contribution is -0.137. The number of benzene rings is 1. The topological polar surface area (TPSA) is 59.1 Å². The van der Waals surface area contributed by atoms with Gasteiger partial charge in [0.25, 0.3) is 0 Å². The summed E-state index contributed by atoms with van der Waals surface area (Å²) in [6, 6.07) is 5.85. The molecule has 1 aromatic carbocycles. The van der Waals surface area contributed by atoms with E-state index in [1.807, 2.05) is 23.1 Å². The lowest BCUT2D eigenvalue weighted by atomic mass is 9.87. The van der Waals surface area contributed by atoms with Gasteiger partial charge in [-0.1, -0.05) is 20.8 Å². The second kappa shape index (κ2) is 7.30. The molecule has 3 aliphatic rings. The van der Waals surface area contributed by atoms with Gasteiger partial charge in [-0.25, -0.2) is 0 Å². The van der Waals surface area contributed by atoms with Crippen LogP contribution in [0.15, 0.2) is 18.2 Å². The van der Waals surface area contributed by atoms with E-state index in [9.17, 15) is 9.59 Å². The Morgan fingerprint density at radius 2 is 1.93 bits per heavy atom. The van der Waals surface area contributed by atoms with E-state index in [4.69, 9.17) is 9.47 Å². The minimum Gasteiger partial charge on any atom is -0.486 e. The summed E-state index contributed by atoms with van der Waals surface area (Å²) in [5.74, 6) is 1.25. The van der Waals surface area contributed by atoms with Crippen LogP contribution in [0.2, 0.25) is 0 Å². The fourth-order valence-corrected chi connectivity index (χ4v) is 4.60. The lowest BCUT2D eigenvalue weighted by Gasteiger charge is -2.32. The molecule has 0 aromatic heterocycles. The third kappa shape index (κ3) is 3.82. The van der Waals surface area contributed by atoms with Gasteiger partial charge in [-0.05, 0) is 36.8 Å². The largest absolute Gasteiger partial charge is 0.486 e. The minimum atomic E-state index is -0.263. The Morgan fingerprint density at radius 1 is 1.18 bits per heavy atom. The first-order chi connectivity index (χ1) is 13.3.